The molecular formula is C12H17NO2. The minimum Gasteiger partial charge on any atom is -0.497 e. The van der Waals surface area contributed by atoms with Crippen molar-refractivity contribution in [2.45, 2.75) is 12.6 Å². The van der Waals surface area contributed by atoms with Gasteiger partial charge in [0.2, 0.25) is 0 Å². The standard InChI is InChI=1S/C12H17NO2/c1-13-7-9-6-10(14-2)4-5-11(9)12(8-13)15-3/h4-6,12H,7-8H2,1-3H3/t12-/m0/s1. The van der Waals surface area contributed by atoms with Crippen LogP contribution in [0.3, 0.4) is 0 Å². The Labute approximate surface area is 90.6 Å². The molecule has 0 saturated heterocycles. The molecule has 0 spiro atoms. The highest BCUT2D eigenvalue weighted by molar-refractivity contribution is 5.38. The average molecular weight is 207 g/mol. The van der Waals surface area contributed by atoms with Crippen LogP contribution in [0.2, 0.25) is 0 Å². The Bertz CT molecular complexity index is 351. The first-order chi connectivity index (χ1) is 7.24. The fraction of sp³-hybridized carbons (Fsp3) is 0.500. The van der Waals surface area contributed by atoms with Crippen molar-refractivity contribution in [2.75, 3.05) is 27.8 Å². The summed E-state index contributed by atoms with van der Waals surface area (Å²) in [6, 6.07) is 6.20. The summed E-state index contributed by atoms with van der Waals surface area (Å²) in [4.78, 5) is 2.26. The molecule has 1 aromatic carbocycles. The summed E-state index contributed by atoms with van der Waals surface area (Å²) < 4.78 is 10.7. The van der Waals surface area contributed by atoms with E-state index in [1.165, 1.54) is 11.1 Å². The molecular weight excluding hydrogens is 190 g/mol. The van der Waals surface area contributed by atoms with E-state index in [4.69, 9.17) is 9.47 Å². The van der Waals surface area contributed by atoms with Gasteiger partial charge in [0.1, 0.15) is 5.75 Å². The Morgan fingerprint density at radius 2 is 2.13 bits per heavy atom. The largest absolute Gasteiger partial charge is 0.497 e. The minimum absolute atomic E-state index is 0.185. The number of nitrogens with zero attached hydrogens (tertiary/aromatic N) is 1. The lowest BCUT2D eigenvalue weighted by molar-refractivity contribution is 0.0577. The molecule has 0 bridgehead atoms. The number of fused-ring (bicyclic) bond motifs is 1. The highest BCUT2D eigenvalue weighted by Crippen LogP contribution is 2.30. The molecule has 0 aliphatic carbocycles. The highest BCUT2D eigenvalue weighted by Gasteiger charge is 2.23. The molecule has 82 valence electrons. The van der Waals surface area contributed by atoms with Gasteiger partial charge in [-0.25, -0.2) is 0 Å². The molecule has 1 aromatic rings. The third kappa shape index (κ3) is 1.98. The number of rotatable bonds is 2. The number of hydrogen-bond acceptors (Lipinski definition) is 3. The molecule has 0 fully saturated rings. The van der Waals surface area contributed by atoms with Crippen molar-refractivity contribution in [1.82, 2.24) is 4.90 Å². The van der Waals surface area contributed by atoms with Gasteiger partial charge in [-0.1, -0.05) is 6.07 Å². The first-order valence-corrected chi connectivity index (χ1v) is 5.12. The van der Waals surface area contributed by atoms with Gasteiger partial charge in [-0.05, 0) is 30.3 Å². The average Bonchev–Trinajstić information content (AvgIpc) is 2.26. The minimum atomic E-state index is 0.185. The Balaban J connectivity index is 2.37. The molecule has 1 heterocycles. The number of benzene rings is 1. The Kier molecular flexibility index (Phi) is 2.93. The molecule has 1 aliphatic heterocycles. The number of methoxy groups -OCH3 is 2. The van der Waals surface area contributed by atoms with Crippen molar-refractivity contribution in [2.24, 2.45) is 0 Å². The van der Waals surface area contributed by atoms with E-state index >= 15 is 0 Å². The van der Waals surface area contributed by atoms with Crippen LogP contribution >= 0.6 is 0 Å². The lowest BCUT2D eigenvalue weighted by Gasteiger charge is -2.31. The molecule has 15 heavy (non-hydrogen) atoms. The third-order valence-electron chi connectivity index (χ3n) is 2.90. The number of likely N-dealkylation sites (N-methyl/N-ethyl adjacent to an activating group) is 1. The van der Waals surface area contributed by atoms with Crippen LogP contribution in [-0.4, -0.2) is 32.7 Å². The molecule has 0 amide bonds. The molecule has 0 radical (unpaired) electrons. The molecule has 0 aromatic heterocycles. The zero-order chi connectivity index (χ0) is 10.8. The lowest BCUT2D eigenvalue weighted by atomic mass is 9.97. The van der Waals surface area contributed by atoms with Gasteiger partial charge >= 0.3 is 0 Å². The summed E-state index contributed by atoms with van der Waals surface area (Å²) >= 11 is 0. The van der Waals surface area contributed by atoms with Crippen molar-refractivity contribution in [3.63, 3.8) is 0 Å². The number of ether oxygens (including phenoxy) is 2. The van der Waals surface area contributed by atoms with Gasteiger partial charge in [-0.15, -0.1) is 0 Å². The molecule has 3 nitrogen and oxygen atoms in total. The molecule has 0 N–H and O–H groups in total. The first kappa shape index (κ1) is 10.5. The molecule has 1 atom stereocenters. The van der Waals surface area contributed by atoms with Crippen LogP contribution in [0, 0.1) is 0 Å². The van der Waals surface area contributed by atoms with Gasteiger partial charge in [-0.3, -0.25) is 4.90 Å². The molecule has 0 saturated carbocycles. The molecule has 3 heteroatoms. The van der Waals surface area contributed by atoms with E-state index in [0.717, 1.165) is 18.8 Å². The smallest absolute Gasteiger partial charge is 0.119 e. The second kappa shape index (κ2) is 4.21. The second-order valence-corrected chi connectivity index (χ2v) is 3.99. The summed E-state index contributed by atoms with van der Waals surface area (Å²) in [6.45, 7) is 1.92. The zero-order valence-corrected chi connectivity index (χ0v) is 9.49. The topological polar surface area (TPSA) is 21.7 Å². The van der Waals surface area contributed by atoms with E-state index in [0.29, 0.717) is 0 Å². The Morgan fingerprint density at radius 3 is 2.80 bits per heavy atom. The summed E-state index contributed by atoms with van der Waals surface area (Å²) in [7, 11) is 5.56. The van der Waals surface area contributed by atoms with E-state index in [1.807, 2.05) is 6.07 Å². The van der Waals surface area contributed by atoms with Crippen LogP contribution in [0.1, 0.15) is 17.2 Å². The maximum absolute atomic E-state index is 5.48. The maximum Gasteiger partial charge on any atom is 0.119 e. The summed E-state index contributed by atoms with van der Waals surface area (Å²) in [5.41, 5.74) is 2.59. The first-order valence-electron chi connectivity index (χ1n) is 5.12. The van der Waals surface area contributed by atoms with Crippen LogP contribution in [0.4, 0.5) is 0 Å². The second-order valence-electron chi connectivity index (χ2n) is 3.99. The molecule has 1 aliphatic rings. The van der Waals surface area contributed by atoms with E-state index in [2.05, 4.69) is 24.1 Å². The third-order valence-corrected chi connectivity index (χ3v) is 2.90. The summed E-state index contributed by atoms with van der Waals surface area (Å²) in [5, 5.41) is 0. The Morgan fingerprint density at radius 1 is 1.33 bits per heavy atom. The quantitative estimate of drug-likeness (QED) is 0.738. The van der Waals surface area contributed by atoms with Gasteiger partial charge in [-0.2, -0.15) is 0 Å². The monoisotopic (exact) mass is 207 g/mol. The predicted molar refractivity (Wildman–Crippen MR) is 59.1 cm³/mol. The molecule has 2 rings (SSSR count). The van der Waals surface area contributed by atoms with Crippen molar-refractivity contribution >= 4 is 0 Å². The van der Waals surface area contributed by atoms with Crippen molar-refractivity contribution < 1.29 is 9.47 Å². The van der Waals surface area contributed by atoms with Crippen molar-refractivity contribution in [3.05, 3.63) is 29.3 Å². The van der Waals surface area contributed by atoms with Crippen molar-refractivity contribution in [1.29, 1.82) is 0 Å². The van der Waals surface area contributed by atoms with Crippen LogP contribution < -0.4 is 4.74 Å². The fourth-order valence-electron chi connectivity index (χ4n) is 2.10. The van der Waals surface area contributed by atoms with Gasteiger partial charge < -0.3 is 9.47 Å². The van der Waals surface area contributed by atoms with E-state index in [-0.39, 0.29) is 6.10 Å². The number of hydrogen-bond donors (Lipinski definition) is 0. The van der Waals surface area contributed by atoms with Gasteiger partial charge in [0, 0.05) is 20.2 Å². The van der Waals surface area contributed by atoms with E-state index < -0.39 is 0 Å². The predicted octanol–water partition coefficient (Wildman–Crippen LogP) is 1.83. The SMILES string of the molecule is COc1ccc2c(c1)CN(C)C[C@@H]2OC. The van der Waals surface area contributed by atoms with Crippen LogP contribution in [0.15, 0.2) is 18.2 Å². The van der Waals surface area contributed by atoms with E-state index in [9.17, 15) is 0 Å². The van der Waals surface area contributed by atoms with Gasteiger partial charge in [0.25, 0.3) is 0 Å². The van der Waals surface area contributed by atoms with E-state index in [1.54, 1.807) is 14.2 Å². The van der Waals surface area contributed by atoms with Crippen LogP contribution in [0.5, 0.6) is 5.75 Å². The van der Waals surface area contributed by atoms with Gasteiger partial charge in [0.05, 0.1) is 13.2 Å². The molecule has 0 unspecified atom stereocenters. The maximum atomic E-state index is 5.48. The zero-order valence-electron chi connectivity index (χ0n) is 9.49. The lowest BCUT2D eigenvalue weighted by Crippen LogP contribution is -2.31. The summed E-state index contributed by atoms with van der Waals surface area (Å²) in [6.07, 6.45) is 0.185. The fourth-order valence-corrected chi connectivity index (χ4v) is 2.10. The normalized spacial score (nSPS) is 21.1. The van der Waals surface area contributed by atoms with Crippen LogP contribution in [-0.2, 0) is 11.3 Å². The van der Waals surface area contributed by atoms with Gasteiger partial charge in [0.15, 0.2) is 0 Å². The Hall–Kier alpha value is -1.06. The van der Waals surface area contributed by atoms with Crippen molar-refractivity contribution in [3.8, 4) is 5.75 Å². The summed E-state index contributed by atoms with van der Waals surface area (Å²) in [5.74, 6) is 0.916. The highest BCUT2D eigenvalue weighted by atomic mass is 16.5. The van der Waals surface area contributed by atoms with Crippen LogP contribution in [0.25, 0.3) is 0 Å².